The first kappa shape index (κ1) is 11.6. The Bertz CT molecular complexity index is 747. The molecule has 4 rings (SSSR count). The van der Waals surface area contributed by atoms with Crippen molar-refractivity contribution in [2.24, 2.45) is 0 Å². The zero-order valence-corrected chi connectivity index (χ0v) is 11.0. The lowest BCUT2D eigenvalue weighted by molar-refractivity contribution is 0.0916. The van der Waals surface area contributed by atoms with E-state index in [1.54, 1.807) is 0 Å². The molecule has 1 saturated carbocycles. The third-order valence-electron chi connectivity index (χ3n) is 4.16. The number of aliphatic hydroxyl groups is 1. The van der Waals surface area contributed by atoms with Crippen LogP contribution in [0.25, 0.3) is 11.0 Å². The highest BCUT2D eigenvalue weighted by molar-refractivity contribution is 5.74. The van der Waals surface area contributed by atoms with Gasteiger partial charge in [0.15, 0.2) is 0 Å². The Morgan fingerprint density at radius 2 is 1.70 bits per heavy atom. The second-order valence-corrected chi connectivity index (χ2v) is 5.41. The van der Waals surface area contributed by atoms with Gasteiger partial charge in [0.05, 0.1) is 11.1 Å². The maximum Gasteiger partial charge on any atom is 0.113 e. The molecule has 4 heteroatoms. The summed E-state index contributed by atoms with van der Waals surface area (Å²) >= 11 is 0. The number of fused-ring (bicyclic) bond motifs is 1. The maximum atomic E-state index is 10.8. The zero-order valence-electron chi connectivity index (χ0n) is 11.0. The Morgan fingerprint density at radius 3 is 2.45 bits per heavy atom. The van der Waals surface area contributed by atoms with E-state index in [1.165, 1.54) is 0 Å². The van der Waals surface area contributed by atoms with Gasteiger partial charge in [0.2, 0.25) is 0 Å². The number of para-hydroxylation sites is 1. The maximum absolute atomic E-state index is 10.8. The van der Waals surface area contributed by atoms with Gasteiger partial charge >= 0.3 is 0 Å². The molecular weight excluding hydrogens is 250 g/mol. The highest BCUT2D eigenvalue weighted by Crippen LogP contribution is 2.53. The number of hydrogen-bond donors (Lipinski definition) is 1. The van der Waals surface area contributed by atoms with E-state index in [4.69, 9.17) is 0 Å². The fourth-order valence-electron chi connectivity index (χ4n) is 2.87. The molecule has 1 fully saturated rings. The summed E-state index contributed by atoms with van der Waals surface area (Å²) in [6, 6.07) is 17.7. The van der Waals surface area contributed by atoms with Crippen LogP contribution in [-0.2, 0) is 5.54 Å². The summed E-state index contributed by atoms with van der Waals surface area (Å²) in [6.07, 6.45) is 1.31. The lowest BCUT2D eigenvalue weighted by atomic mass is 10.0. The first-order valence-corrected chi connectivity index (χ1v) is 6.85. The summed E-state index contributed by atoms with van der Waals surface area (Å²) in [7, 11) is 0. The van der Waals surface area contributed by atoms with E-state index >= 15 is 0 Å². The number of nitrogens with zero attached hydrogens (tertiary/aromatic N) is 3. The molecule has 0 saturated heterocycles. The summed E-state index contributed by atoms with van der Waals surface area (Å²) in [5.74, 6) is 0. The van der Waals surface area contributed by atoms with Gasteiger partial charge < -0.3 is 5.11 Å². The van der Waals surface area contributed by atoms with Crippen molar-refractivity contribution in [2.45, 2.75) is 24.5 Å². The minimum absolute atomic E-state index is 0.336. The fraction of sp³-hybridized carbons (Fsp3) is 0.250. The minimum Gasteiger partial charge on any atom is -0.386 e. The number of rotatable bonds is 3. The third kappa shape index (κ3) is 1.58. The minimum atomic E-state index is -0.547. The van der Waals surface area contributed by atoms with Crippen LogP contribution in [0, 0.1) is 0 Å². The van der Waals surface area contributed by atoms with E-state index in [0.717, 1.165) is 29.4 Å². The molecule has 1 N–H and O–H groups in total. The van der Waals surface area contributed by atoms with Crippen molar-refractivity contribution in [3.63, 3.8) is 0 Å². The lowest BCUT2D eigenvalue weighted by Gasteiger charge is -2.23. The Balaban J connectivity index is 1.81. The number of aliphatic hydroxyl groups excluding tert-OH is 1. The zero-order chi connectivity index (χ0) is 13.6. The van der Waals surface area contributed by atoms with E-state index in [1.807, 2.05) is 59.3 Å². The molecule has 0 spiro atoms. The third-order valence-corrected chi connectivity index (χ3v) is 4.16. The van der Waals surface area contributed by atoms with Gasteiger partial charge in [-0.1, -0.05) is 47.7 Å². The van der Waals surface area contributed by atoms with Gasteiger partial charge in [-0.3, -0.25) is 0 Å². The second-order valence-electron chi connectivity index (χ2n) is 5.41. The SMILES string of the molecule is OC(c1ccccc1)C1(n2nnc3ccccc32)CC1. The van der Waals surface area contributed by atoms with E-state index in [2.05, 4.69) is 10.3 Å². The molecule has 100 valence electrons. The van der Waals surface area contributed by atoms with Crippen LogP contribution in [-0.4, -0.2) is 20.1 Å². The quantitative estimate of drug-likeness (QED) is 0.792. The van der Waals surface area contributed by atoms with Crippen molar-refractivity contribution in [3.05, 3.63) is 60.2 Å². The van der Waals surface area contributed by atoms with Crippen LogP contribution in [0.2, 0.25) is 0 Å². The molecule has 0 amide bonds. The molecule has 3 aromatic rings. The summed E-state index contributed by atoms with van der Waals surface area (Å²) in [5, 5.41) is 19.2. The predicted molar refractivity (Wildman–Crippen MR) is 76.1 cm³/mol. The summed E-state index contributed by atoms with van der Waals surface area (Å²) in [5.41, 5.74) is 2.46. The topological polar surface area (TPSA) is 50.9 Å². The first-order valence-electron chi connectivity index (χ1n) is 6.85. The van der Waals surface area contributed by atoms with Crippen LogP contribution in [0.5, 0.6) is 0 Å². The smallest absolute Gasteiger partial charge is 0.113 e. The predicted octanol–water partition coefficient (Wildman–Crippen LogP) is 2.65. The van der Waals surface area contributed by atoms with Crippen LogP contribution >= 0.6 is 0 Å². The van der Waals surface area contributed by atoms with Gasteiger partial charge in [0.1, 0.15) is 11.6 Å². The van der Waals surface area contributed by atoms with Crippen molar-refractivity contribution in [1.29, 1.82) is 0 Å². The van der Waals surface area contributed by atoms with E-state index in [0.29, 0.717) is 0 Å². The van der Waals surface area contributed by atoms with Crippen molar-refractivity contribution < 1.29 is 5.11 Å². The Hall–Kier alpha value is -2.20. The molecule has 1 aromatic heterocycles. The average molecular weight is 265 g/mol. The Labute approximate surface area is 116 Å². The highest BCUT2D eigenvalue weighted by Gasteiger charge is 2.53. The van der Waals surface area contributed by atoms with Crippen molar-refractivity contribution in [3.8, 4) is 0 Å². The van der Waals surface area contributed by atoms with Gasteiger partial charge in [-0.2, -0.15) is 0 Å². The van der Waals surface area contributed by atoms with E-state index < -0.39 is 6.10 Å². The van der Waals surface area contributed by atoms with E-state index in [9.17, 15) is 5.11 Å². The number of hydrogen-bond acceptors (Lipinski definition) is 3. The molecule has 1 atom stereocenters. The average Bonchev–Trinajstić information content (AvgIpc) is 3.20. The molecule has 0 bridgehead atoms. The van der Waals surface area contributed by atoms with E-state index in [-0.39, 0.29) is 5.54 Å². The molecule has 2 aromatic carbocycles. The van der Waals surface area contributed by atoms with Crippen LogP contribution in [0.4, 0.5) is 0 Å². The van der Waals surface area contributed by atoms with Crippen molar-refractivity contribution >= 4 is 11.0 Å². The number of aromatic nitrogens is 3. The molecule has 1 aliphatic rings. The van der Waals surface area contributed by atoms with Crippen molar-refractivity contribution in [2.75, 3.05) is 0 Å². The molecule has 20 heavy (non-hydrogen) atoms. The monoisotopic (exact) mass is 265 g/mol. The van der Waals surface area contributed by atoms with Gasteiger partial charge in [-0.15, -0.1) is 5.10 Å². The first-order chi connectivity index (χ1) is 9.81. The van der Waals surface area contributed by atoms with Crippen LogP contribution in [0.1, 0.15) is 24.5 Å². The molecule has 0 radical (unpaired) electrons. The van der Waals surface area contributed by atoms with Crippen LogP contribution in [0.15, 0.2) is 54.6 Å². The largest absolute Gasteiger partial charge is 0.386 e. The van der Waals surface area contributed by atoms with Crippen LogP contribution in [0.3, 0.4) is 0 Å². The second kappa shape index (κ2) is 4.15. The summed E-state index contributed by atoms with van der Waals surface area (Å²) in [6.45, 7) is 0. The molecule has 1 unspecified atom stereocenters. The van der Waals surface area contributed by atoms with Crippen molar-refractivity contribution in [1.82, 2.24) is 15.0 Å². The fourth-order valence-corrected chi connectivity index (χ4v) is 2.87. The van der Waals surface area contributed by atoms with Gasteiger partial charge in [0.25, 0.3) is 0 Å². The van der Waals surface area contributed by atoms with Gasteiger partial charge in [-0.25, -0.2) is 4.68 Å². The summed E-state index contributed by atoms with van der Waals surface area (Å²) in [4.78, 5) is 0. The van der Waals surface area contributed by atoms with Gasteiger partial charge in [-0.05, 0) is 30.5 Å². The standard InChI is InChI=1S/C16H15N3O/c20-15(12-6-2-1-3-7-12)16(10-11-16)19-14-9-5-4-8-13(14)17-18-19/h1-9,15,20H,10-11H2. The molecule has 1 heterocycles. The summed E-state index contributed by atoms with van der Waals surface area (Å²) < 4.78 is 1.90. The highest BCUT2D eigenvalue weighted by atomic mass is 16.3. The van der Waals surface area contributed by atoms with Gasteiger partial charge in [0, 0.05) is 0 Å². The lowest BCUT2D eigenvalue weighted by Crippen LogP contribution is -2.27. The normalized spacial score (nSPS) is 18.1. The molecular formula is C16H15N3O. The Morgan fingerprint density at radius 1 is 1.00 bits per heavy atom. The Kier molecular flexibility index (Phi) is 2.41. The molecule has 1 aliphatic carbocycles. The van der Waals surface area contributed by atoms with Crippen LogP contribution < -0.4 is 0 Å². The number of benzene rings is 2. The molecule has 4 nitrogen and oxygen atoms in total. The molecule has 0 aliphatic heterocycles.